The van der Waals surface area contributed by atoms with Gasteiger partial charge in [-0.15, -0.1) is 0 Å². The van der Waals surface area contributed by atoms with Crippen LogP contribution in [0.3, 0.4) is 0 Å². The van der Waals surface area contributed by atoms with Crippen molar-refractivity contribution in [1.82, 2.24) is 0 Å². The number of aryl methyl sites for hydroxylation is 1. The third kappa shape index (κ3) is 2.47. The van der Waals surface area contributed by atoms with Crippen molar-refractivity contribution < 1.29 is 5.11 Å². The zero-order valence-electron chi connectivity index (χ0n) is 9.79. The number of hydrogen-bond acceptors (Lipinski definition) is 3. The molecule has 1 aromatic rings. The quantitative estimate of drug-likeness (QED) is 0.685. The summed E-state index contributed by atoms with van der Waals surface area (Å²) in [6, 6.07) is 5.81. The molecule has 0 aliphatic heterocycles. The van der Waals surface area contributed by atoms with E-state index in [0.717, 1.165) is 42.6 Å². The first-order valence-electron chi connectivity index (χ1n) is 5.91. The summed E-state index contributed by atoms with van der Waals surface area (Å²) in [6.07, 6.45) is 4.07. The van der Waals surface area contributed by atoms with Gasteiger partial charge in [0.1, 0.15) is 0 Å². The molecule has 3 nitrogen and oxygen atoms in total. The van der Waals surface area contributed by atoms with E-state index in [1.165, 1.54) is 0 Å². The fourth-order valence-electron chi connectivity index (χ4n) is 2.30. The highest BCUT2D eigenvalue weighted by Gasteiger charge is 2.30. The van der Waals surface area contributed by atoms with Crippen molar-refractivity contribution in [1.29, 1.82) is 0 Å². The van der Waals surface area contributed by atoms with Crippen molar-refractivity contribution >= 4 is 11.4 Å². The molecule has 3 heteroatoms. The minimum atomic E-state index is -0.517. The van der Waals surface area contributed by atoms with Gasteiger partial charge >= 0.3 is 0 Å². The molecule has 0 bridgehead atoms. The second-order valence-corrected chi connectivity index (χ2v) is 4.86. The maximum Gasteiger partial charge on any atom is 0.0819 e. The molecule has 0 saturated heterocycles. The molecule has 1 saturated carbocycles. The number of rotatable bonds is 3. The summed E-state index contributed by atoms with van der Waals surface area (Å²) < 4.78 is 0. The topological polar surface area (TPSA) is 58.3 Å². The molecule has 0 atom stereocenters. The lowest BCUT2D eigenvalue weighted by molar-refractivity contribution is 0.0614. The predicted octanol–water partition coefficient (Wildman–Crippen LogP) is 2.29. The fourth-order valence-corrected chi connectivity index (χ4v) is 2.30. The Bertz CT molecular complexity index is 370. The molecular weight excluding hydrogens is 200 g/mol. The molecule has 0 spiro atoms. The lowest BCUT2D eigenvalue weighted by Crippen LogP contribution is -2.33. The van der Waals surface area contributed by atoms with E-state index in [0.29, 0.717) is 6.54 Å². The van der Waals surface area contributed by atoms with Crippen LogP contribution < -0.4 is 11.1 Å². The van der Waals surface area contributed by atoms with Crippen molar-refractivity contribution in [2.24, 2.45) is 0 Å². The molecule has 88 valence electrons. The van der Waals surface area contributed by atoms with Gasteiger partial charge in [0.25, 0.3) is 0 Å². The van der Waals surface area contributed by atoms with Crippen LogP contribution in [0, 0.1) is 6.92 Å². The Morgan fingerprint density at radius 1 is 1.38 bits per heavy atom. The van der Waals surface area contributed by atoms with Crippen LogP contribution in [0.2, 0.25) is 0 Å². The smallest absolute Gasteiger partial charge is 0.0819 e. The number of nitrogen functional groups attached to an aromatic ring is 1. The first kappa shape index (κ1) is 11.3. The van der Waals surface area contributed by atoms with Gasteiger partial charge < -0.3 is 16.2 Å². The number of anilines is 2. The van der Waals surface area contributed by atoms with Gasteiger partial charge in [0.2, 0.25) is 0 Å². The molecule has 0 unspecified atom stereocenters. The highest BCUT2D eigenvalue weighted by molar-refractivity contribution is 5.59. The maximum atomic E-state index is 10.2. The Labute approximate surface area is 96.7 Å². The van der Waals surface area contributed by atoms with Crippen LogP contribution in [0.25, 0.3) is 0 Å². The molecule has 0 amide bonds. The van der Waals surface area contributed by atoms with E-state index >= 15 is 0 Å². The zero-order chi connectivity index (χ0) is 11.6. The van der Waals surface area contributed by atoms with Gasteiger partial charge in [-0.05, 0) is 37.5 Å². The minimum Gasteiger partial charge on any atom is -0.399 e. The monoisotopic (exact) mass is 220 g/mol. The van der Waals surface area contributed by atoms with Crippen molar-refractivity contribution in [3.05, 3.63) is 23.8 Å². The molecule has 4 N–H and O–H groups in total. The highest BCUT2D eigenvalue weighted by Crippen LogP contribution is 2.30. The van der Waals surface area contributed by atoms with E-state index in [4.69, 9.17) is 5.73 Å². The van der Waals surface area contributed by atoms with Crippen LogP contribution in [-0.2, 0) is 0 Å². The van der Waals surface area contributed by atoms with Crippen LogP contribution in [0.4, 0.5) is 11.4 Å². The summed E-state index contributed by atoms with van der Waals surface area (Å²) in [6.45, 7) is 2.66. The Kier molecular flexibility index (Phi) is 3.06. The lowest BCUT2D eigenvalue weighted by atomic mass is 10.0. The lowest BCUT2D eigenvalue weighted by Gasteiger charge is -2.23. The third-order valence-electron chi connectivity index (χ3n) is 3.40. The number of aliphatic hydroxyl groups is 1. The largest absolute Gasteiger partial charge is 0.399 e. The molecule has 1 aliphatic carbocycles. The zero-order valence-corrected chi connectivity index (χ0v) is 9.79. The molecule has 0 radical (unpaired) electrons. The van der Waals surface area contributed by atoms with E-state index in [1.54, 1.807) is 0 Å². The van der Waals surface area contributed by atoms with Crippen LogP contribution in [0.5, 0.6) is 0 Å². The van der Waals surface area contributed by atoms with Gasteiger partial charge in [-0.1, -0.05) is 18.9 Å². The molecule has 1 fully saturated rings. The Hall–Kier alpha value is -1.22. The molecule has 2 rings (SSSR count). The summed E-state index contributed by atoms with van der Waals surface area (Å²) in [4.78, 5) is 0. The standard InChI is InChI=1S/C13H20N2O/c1-10-4-5-11(14)8-12(10)15-9-13(16)6-2-3-7-13/h4-5,8,15-16H,2-3,6-7,9,14H2,1H3. The second kappa shape index (κ2) is 4.34. The van der Waals surface area contributed by atoms with E-state index in [2.05, 4.69) is 5.32 Å². The van der Waals surface area contributed by atoms with Gasteiger partial charge in [0.15, 0.2) is 0 Å². The van der Waals surface area contributed by atoms with Gasteiger partial charge in [-0.3, -0.25) is 0 Å². The van der Waals surface area contributed by atoms with E-state index < -0.39 is 5.60 Å². The summed E-state index contributed by atoms with van der Waals surface area (Å²) in [5.41, 5.74) is 8.17. The molecule has 0 heterocycles. The first-order chi connectivity index (χ1) is 7.59. The first-order valence-corrected chi connectivity index (χ1v) is 5.91. The maximum absolute atomic E-state index is 10.2. The van der Waals surface area contributed by atoms with Crippen molar-refractivity contribution in [2.45, 2.75) is 38.2 Å². The second-order valence-electron chi connectivity index (χ2n) is 4.86. The summed E-state index contributed by atoms with van der Waals surface area (Å²) in [5.74, 6) is 0. The highest BCUT2D eigenvalue weighted by atomic mass is 16.3. The van der Waals surface area contributed by atoms with Crippen LogP contribution in [0.15, 0.2) is 18.2 Å². The van der Waals surface area contributed by atoms with E-state index in [1.807, 2.05) is 25.1 Å². The Balaban J connectivity index is 2.01. The molecule has 0 aromatic heterocycles. The molecule has 1 aromatic carbocycles. The van der Waals surface area contributed by atoms with E-state index in [-0.39, 0.29) is 0 Å². The molecular formula is C13H20N2O. The number of nitrogens with two attached hydrogens (primary N) is 1. The number of hydrogen-bond donors (Lipinski definition) is 3. The number of nitrogens with one attached hydrogen (secondary N) is 1. The fraction of sp³-hybridized carbons (Fsp3) is 0.538. The third-order valence-corrected chi connectivity index (χ3v) is 3.40. The Morgan fingerprint density at radius 3 is 2.75 bits per heavy atom. The minimum absolute atomic E-state index is 0.517. The average molecular weight is 220 g/mol. The van der Waals surface area contributed by atoms with Crippen molar-refractivity contribution in [3.63, 3.8) is 0 Å². The summed E-state index contributed by atoms with van der Waals surface area (Å²) in [5, 5.41) is 13.5. The van der Waals surface area contributed by atoms with Gasteiger partial charge in [0.05, 0.1) is 5.60 Å². The summed E-state index contributed by atoms with van der Waals surface area (Å²) >= 11 is 0. The van der Waals surface area contributed by atoms with Crippen molar-refractivity contribution in [2.75, 3.05) is 17.6 Å². The van der Waals surface area contributed by atoms with Gasteiger partial charge in [-0.2, -0.15) is 0 Å². The van der Waals surface area contributed by atoms with Gasteiger partial charge in [0, 0.05) is 17.9 Å². The average Bonchev–Trinajstić information content (AvgIpc) is 2.67. The number of benzene rings is 1. The van der Waals surface area contributed by atoms with Crippen LogP contribution in [-0.4, -0.2) is 17.3 Å². The SMILES string of the molecule is Cc1ccc(N)cc1NCC1(O)CCCC1. The Morgan fingerprint density at radius 2 is 2.06 bits per heavy atom. The molecule has 16 heavy (non-hydrogen) atoms. The predicted molar refractivity (Wildman–Crippen MR) is 67.5 cm³/mol. The van der Waals surface area contributed by atoms with Crippen molar-refractivity contribution in [3.8, 4) is 0 Å². The molecule has 1 aliphatic rings. The summed E-state index contributed by atoms with van der Waals surface area (Å²) in [7, 11) is 0. The van der Waals surface area contributed by atoms with Crippen LogP contribution >= 0.6 is 0 Å². The van der Waals surface area contributed by atoms with Gasteiger partial charge in [-0.25, -0.2) is 0 Å². The normalized spacial score (nSPS) is 18.6. The van der Waals surface area contributed by atoms with Crippen LogP contribution in [0.1, 0.15) is 31.2 Å². The van der Waals surface area contributed by atoms with E-state index in [9.17, 15) is 5.11 Å².